The molecule has 25 heavy (non-hydrogen) atoms. The minimum Gasteiger partial charge on any atom is -0.487 e. The molecule has 2 aliphatic rings. The van der Waals surface area contributed by atoms with Crippen LogP contribution in [0.1, 0.15) is 45.4 Å². The molecule has 0 spiro atoms. The average molecular weight is 387 g/mol. The second-order valence-corrected chi connectivity index (χ2v) is 7.47. The van der Waals surface area contributed by atoms with Gasteiger partial charge in [0, 0.05) is 18.5 Å². The van der Waals surface area contributed by atoms with Crippen molar-refractivity contribution in [2.24, 2.45) is 5.92 Å². The van der Waals surface area contributed by atoms with E-state index in [4.69, 9.17) is 16.3 Å². The van der Waals surface area contributed by atoms with E-state index in [1.807, 2.05) is 24.3 Å². The molecule has 3 unspecified atom stereocenters. The Balaban J connectivity index is 0.00000225. The van der Waals surface area contributed by atoms with E-state index in [2.05, 4.69) is 17.6 Å². The van der Waals surface area contributed by atoms with Gasteiger partial charge in [-0.25, -0.2) is 0 Å². The highest BCUT2D eigenvalue weighted by Crippen LogP contribution is 2.32. The van der Waals surface area contributed by atoms with Crippen LogP contribution in [-0.2, 0) is 4.79 Å². The summed E-state index contributed by atoms with van der Waals surface area (Å²) in [7, 11) is 0. The third-order valence-corrected chi connectivity index (χ3v) is 5.47. The number of benzene rings is 1. The van der Waals surface area contributed by atoms with Gasteiger partial charge >= 0.3 is 0 Å². The number of carbonyl (C=O) groups is 1. The number of halogens is 2. The monoisotopic (exact) mass is 386 g/mol. The van der Waals surface area contributed by atoms with E-state index >= 15 is 0 Å². The summed E-state index contributed by atoms with van der Waals surface area (Å²) in [5, 5.41) is 7.27. The van der Waals surface area contributed by atoms with Crippen LogP contribution in [0.2, 0.25) is 5.02 Å². The van der Waals surface area contributed by atoms with Crippen molar-refractivity contribution < 1.29 is 9.53 Å². The first-order valence-electron chi connectivity index (χ1n) is 9.08. The zero-order valence-electron chi connectivity index (χ0n) is 14.7. The van der Waals surface area contributed by atoms with Crippen LogP contribution in [0.4, 0.5) is 0 Å². The quantitative estimate of drug-likeness (QED) is 0.745. The Morgan fingerprint density at radius 2 is 2.00 bits per heavy atom. The predicted molar refractivity (Wildman–Crippen MR) is 104 cm³/mol. The fourth-order valence-electron chi connectivity index (χ4n) is 3.89. The van der Waals surface area contributed by atoms with Crippen LogP contribution in [-0.4, -0.2) is 30.6 Å². The summed E-state index contributed by atoms with van der Waals surface area (Å²) in [6.07, 6.45) is 6.21. The van der Waals surface area contributed by atoms with Gasteiger partial charge in [0.2, 0.25) is 5.91 Å². The lowest BCUT2D eigenvalue weighted by Gasteiger charge is -2.28. The van der Waals surface area contributed by atoms with Gasteiger partial charge in [-0.2, -0.15) is 0 Å². The van der Waals surface area contributed by atoms with Gasteiger partial charge in [-0.1, -0.05) is 30.7 Å². The number of hydrogen-bond acceptors (Lipinski definition) is 3. The maximum absolute atomic E-state index is 12.3. The SMILES string of the molecule is CCC(CNC(=O)CC1CC2CCC(C1)N2)Oc1ccccc1Cl.Cl. The normalized spacial score (nSPS) is 25.8. The Kier molecular flexibility index (Phi) is 7.85. The van der Waals surface area contributed by atoms with Crippen LogP contribution in [0.3, 0.4) is 0 Å². The zero-order valence-corrected chi connectivity index (χ0v) is 16.2. The maximum atomic E-state index is 12.3. The third kappa shape index (κ3) is 5.77. The van der Waals surface area contributed by atoms with E-state index in [0.717, 1.165) is 19.3 Å². The topological polar surface area (TPSA) is 50.4 Å². The van der Waals surface area contributed by atoms with Crippen molar-refractivity contribution in [3.63, 3.8) is 0 Å². The molecule has 2 fully saturated rings. The molecule has 0 radical (unpaired) electrons. The van der Waals surface area contributed by atoms with E-state index < -0.39 is 0 Å². The van der Waals surface area contributed by atoms with Crippen LogP contribution in [0.15, 0.2) is 24.3 Å². The van der Waals surface area contributed by atoms with E-state index in [1.54, 1.807) is 0 Å². The molecule has 1 aromatic carbocycles. The van der Waals surface area contributed by atoms with E-state index in [9.17, 15) is 4.79 Å². The molecular weight excluding hydrogens is 359 g/mol. The summed E-state index contributed by atoms with van der Waals surface area (Å²) in [4.78, 5) is 12.3. The second kappa shape index (κ2) is 9.65. The Labute approximate surface area is 161 Å². The largest absolute Gasteiger partial charge is 0.487 e. The number of fused-ring (bicyclic) bond motifs is 2. The summed E-state index contributed by atoms with van der Waals surface area (Å²) in [6.45, 7) is 2.58. The molecule has 1 aromatic rings. The summed E-state index contributed by atoms with van der Waals surface area (Å²) in [5.41, 5.74) is 0. The van der Waals surface area contributed by atoms with Gasteiger partial charge in [0.25, 0.3) is 0 Å². The molecule has 0 saturated carbocycles. The van der Waals surface area contributed by atoms with Crippen molar-refractivity contribution >= 4 is 29.9 Å². The van der Waals surface area contributed by atoms with E-state index in [-0.39, 0.29) is 24.4 Å². The van der Waals surface area contributed by atoms with Gasteiger partial charge < -0.3 is 15.4 Å². The number of nitrogens with one attached hydrogen (secondary N) is 2. The molecular formula is C19H28Cl2N2O2. The van der Waals surface area contributed by atoms with Crippen molar-refractivity contribution in [2.45, 2.75) is 63.6 Å². The highest BCUT2D eigenvalue weighted by atomic mass is 35.5. The molecule has 2 N–H and O–H groups in total. The lowest BCUT2D eigenvalue weighted by atomic mass is 9.89. The molecule has 3 atom stereocenters. The van der Waals surface area contributed by atoms with Crippen molar-refractivity contribution in [1.82, 2.24) is 10.6 Å². The average Bonchev–Trinajstić information content (AvgIpc) is 2.91. The minimum absolute atomic E-state index is 0. The summed E-state index contributed by atoms with van der Waals surface area (Å²) >= 11 is 6.13. The first-order valence-corrected chi connectivity index (χ1v) is 9.45. The van der Waals surface area contributed by atoms with Crippen LogP contribution in [0, 0.1) is 5.92 Å². The Morgan fingerprint density at radius 1 is 1.32 bits per heavy atom. The smallest absolute Gasteiger partial charge is 0.220 e. The maximum Gasteiger partial charge on any atom is 0.220 e. The van der Waals surface area contributed by atoms with Gasteiger partial charge in [-0.3, -0.25) is 4.79 Å². The van der Waals surface area contributed by atoms with Gasteiger partial charge in [0.15, 0.2) is 0 Å². The Morgan fingerprint density at radius 3 is 2.64 bits per heavy atom. The molecule has 2 heterocycles. The fourth-order valence-corrected chi connectivity index (χ4v) is 4.07. The van der Waals surface area contributed by atoms with Crippen molar-refractivity contribution in [2.75, 3.05) is 6.54 Å². The molecule has 3 rings (SSSR count). The Bertz CT molecular complexity index is 558. The predicted octanol–water partition coefficient (Wildman–Crippen LogP) is 3.96. The van der Waals surface area contributed by atoms with Gasteiger partial charge in [-0.05, 0) is 50.2 Å². The minimum atomic E-state index is -0.0574. The van der Waals surface area contributed by atoms with Crippen LogP contribution in [0.25, 0.3) is 0 Å². The number of carbonyl (C=O) groups excluding carboxylic acids is 1. The van der Waals surface area contributed by atoms with Gasteiger partial charge in [0.05, 0.1) is 11.6 Å². The first kappa shape index (κ1) is 20.3. The summed E-state index contributed by atoms with van der Waals surface area (Å²) < 4.78 is 5.92. The zero-order chi connectivity index (χ0) is 16.9. The van der Waals surface area contributed by atoms with Crippen molar-refractivity contribution in [3.05, 3.63) is 29.3 Å². The van der Waals surface area contributed by atoms with Crippen molar-refractivity contribution in [1.29, 1.82) is 0 Å². The first-order chi connectivity index (χ1) is 11.6. The molecule has 140 valence electrons. The molecule has 2 saturated heterocycles. The molecule has 0 aromatic heterocycles. The molecule has 6 heteroatoms. The number of ether oxygens (including phenoxy) is 1. The number of para-hydroxylation sites is 1. The molecule has 1 amide bonds. The summed E-state index contributed by atoms with van der Waals surface area (Å²) in [5.74, 6) is 1.34. The molecule has 4 nitrogen and oxygen atoms in total. The standard InChI is InChI=1S/C19H27ClN2O2.ClH/c1-2-16(24-18-6-4-3-5-17(18)20)12-21-19(23)11-13-9-14-7-8-15(10-13)22-14;/h3-6,13-16,22H,2,7-12H2,1H3,(H,21,23);1H. The van der Waals surface area contributed by atoms with Crippen molar-refractivity contribution in [3.8, 4) is 5.75 Å². The van der Waals surface area contributed by atoms with Crippen LogP contribution < -0.4 is 15.4 Å². The summed E-state index contributed by atoms with van der Waals surface area (Å²) in [6, 6.07) is 8.72. The second-order valence-electron chi connectivity index (χ2n) is 7.06. The highest BCUT2D eigenvalue weighted by Gasteiger charge is 2.34. The number of piperidine rings is 1. The number of amides is 1. The lowest BCUT2D eigenvalue weighted by Crippen LogP contribution is -2.41. The van der Waals surface area contributed by atoms with Crippen LogP contribution >= 0.6 is 24.0 Å². The fraction of sp³-hybridized carbons (Fsp3) is 0.632. The Hall–Kier alpha value is -0.970. The highest BCUT2D eigenvalue weighted by molar-refractivity contribution is 6.32. The molecule has 0 aliphatic carbocycles. The molecule has 2 bridgehead atoms. The van der Waals surface area contributed by atoms with Gasteiger partial charge in [-0.15, -0.1) is 12.4 Å². The third-order valence-electron chi connectivity index (χ3n) is 5.16. The lowest BCUT2D eigenvalue weighted by molar-refractivity contribution is -0.122. The van der Waals surface area contributed by atoms with Crippen LogP contribution in [0.5, 0.6) is 5.75 Å². The van der Waals surface area contributed by atoms with E-state index in [1.165, 1.54) is 12.8 Å². The van der Waals surface area contributed by atoms with E-state index in [0.29, 0.717) is 41.7 Å². The number of hydrogen-bond donors (Lipinski definition) is 2. The number of rotatable bonds is 7. The molecule has 2 aliphatic heterocycles. The van der Waals surface area contributed by atoms with Gasteiger partial charge in [0.1, 0.15) is 11.9 Å².